The Balaban J connectivity index is 2.27. The molecule has 1 aromatic heterocycles. The first-order chi connectivity index (χ1) is 10.2. The lowest BCUT2D eigenvalue weighted by molar-refractivity contribution is 0.0454. The number of thiophene rings is 1. The van der Waals surface area contributed by atoms with Crippen molar-refractivity contribution in [2.24, 2.45) is 5.84 Å². The van der Waals surface area contributed by atoms with Crippen LogP contribution in [0.5, 0.6) is 0 Å². The molecule has 0 aliphatic heterocycles. The third kappa shape index (κ3) is 3.56. The first-order valence-corrected chi connectivity index (χ1v) is 7.37. The van der Waals surface area contributed by atoms with Crippen molar-refractivity contribution in [3.63, 3.8) is 0 Å². The number of ether oxygens (including phenoxy) is 2. The van der Waals surface area contributed by atoms with Crippen molar-refractivity contribution in [1.29, 1.82) is 0 Å². The summed E-state index contributed by atoms with van der Waals surface area (Å²) in [4.78, 5) is 12.2. The van der Waals surface area contributed by atoms with Gasteiger partial charge in [-0.05, 0) is 19.1 Å². The molecule has 3 N–H and O–H groups in total. The zero-order valence-electron chi connectivity index (χ0n) is 11.6. The van der Waals surface area contributed by atoms with Gasteiger partial charge in [-0.3, -0.25) is 10.2 Å². The van der Waals surface area contributed by atoms with Crippen LogP contribution in [-0.4, -0.2) is 25.7 Å². The van der Waals surface area contributed by atoms with E-state index in [0.29, 0.717) is 40.3 Å². The number of hydrogen-bond donors (Lipinski definition) is 2. The summed E-state index contributed by atoms with van der Waals surface area (Å²) in [6.45, 7) is 3.48. The SMILES string of the molecule is CCOCCOCc1c(C(=O)NN)sc2cccc(F)c12. The van der Waals surface area contributed by atoms with Crippen LogP contribution in [0.2, 0.25) is 0 Å². The molecule has 0 spiro atoms. The molecule has 0 atom stereocenters. The molecule has 0 saturated carbocycles. The van der Waals surface area contributed by atoms with Gasteiger partial charge < -0.3 is 9.47 Å². The maximum absolute atomic E-state index is 14.0. The highest BCUT2D eigenvalue weighted by Gasteiger charge is 2.20. The van der Waals surface area contributed by atoms with Crippen LogP contribution in [0, 0.1) is 5.82 Å². The van der Waals surface area contributed by atoms with Crippen LogP contribution < -0.4 is 11.3 Å². The van der Waals surface area contributed by atoms with E-state index < -0.39 is 5.91 Å². The van der Waals surface area contributed by atoms with Crippen LogP contribution in [-0.2, 0) is 16.1 Å². The first-order valence-electron chi connectivity index (χ1n) is 6.55. The summed E-state index contributed by atoms with van der Waals surface area (Å²) in [5.74, 6) is 4.36. The number of fused-ring (bicyclic) bond motifs is 1. The average molecular weight is 312 g/mol. The van der Waals surface area contributed by atoms with Crippen LogP contribution in [0.3, 0.4) is 0 Å². The van der Waals surface area contributed by atoms with Crippen molar-refractivity contribution in [3.05, 3.63) is 34.5 Å². The Morgan fingerprint density at radius 2 is 2.14 bits per heavy atom. The number of carbonyl (C=O) groups excluding carboxylic acids is 1. The van der Waals surface area contributed by atoms with Crippen LogP contribution in [0.25, 0.3) is 10.1 Å². The molecule has 21 heavy (non-hydrogen) atoms. The molecule has 5 nitrogen and oxygen atoms in total. The lowest BCUT2D eigenvalue weighted by atomic mass is 10.1. The summed E-state index contributed by atoms with van der Waals surface area (Å²) in [6.07, 6.45) is 0. The fourth-order valence-electron chi connectivity index (χ4n) is 1.99. The zero-order valence-corrected chi connectivity index (χ0v) is 12.5. The predicted octanol–water partition coefficient (Wildman–Crippen LogP) is 2.20. The van der Waals surface area contributed by atoms with E-state index in [-0.39, 0.29) is 12.4 Å². The van der Waals surface area contributed by atoms with Crippen LogP contribution in [0.4, 0.5) is 4.39 Å². The number of nitrogen functional groups attached to an aromatic ring is 1. The van der Waals surface area contributed by atoms with E-state index in [9.17, 15) is 9.18 Å². The van der Waals surface area contributed by atoms with E-state index in [1.54, 1.807) is 12.1 Å². The Hall–Kier alpha value is -1.54. The van der Waals surface area contributed by atoms with Gasteiger partial charge in [-0.25, -0.2) is 10.2 Å². The van der Waals surface area contributed by atoms with E-state index in [1.165, 1.54) is 17.4 Å². The molecule has 0 radical (unpaired) electrons. The summed E-state index contributed by atoms with van der Waals surface area (Å²) in [5, 5.41) is 0.414. The average Bonchev–Trinajstić information content (AvgIpc) is 2.86. The van der Waals surface area contributed by atoms with Gasteiger partial charge in [0.1, 0.15) is 10.7 Å². The third-order valence-corrected chi connectivity index (χ3v) is 4.12. The second kappa shape index (κ2) is 7.46. The molecular weight excluding hydrogens is 295 g/mol. The molecule has 1 amide bonds. The number of carbonyl (C=O) groups is 1. The third-order valence-electron chi connectivity index (χ3n) is 2.92. The Kier molecular flexibility index (Phi) is 5.63. The summed E-state index contributed by atoms with van der Waals surface area (Å²) < 4.78 is 25.4. The first kappa shape index (κ1) is 15.8. The molecule has 0 bridgehead atoms. The zero-order chi connectivity index (χ0) is 15.2. The molecular formula is C14H17FN2O3S. The summed E-state index contributed by atoms with van der Waals surface area (Å²) >= 11 is 1.20. The van der Waals surface area contributed by atoms with Crippen molar-refractivity contribution in [2.75, 3.05) is 19.8 Å². The van der Waals surface area contributed by atoms with Gasteiger partial charge in [-0.1, -0.05) is 6.07 Å². The highest BCUT2D eigenvalue weighted by atomic mass is 32.1. The Bertz CT molecular complexity index is 630. The van der Waals surface area contributed by atoms with Gasteiger partial charge in [-0.15, -0.1) is 11.3 Å². The largest absolute Gasteiger partial charge is 0.379 e. The molecule has 0 unspecified atom stereocenters. The van der Waals surface area contributed by atoms with Gasteiger partial charge in [0.2, 0.25) is 0 Å². The molecule has 0 saturated heterocycles. The summed E-state index contributed by atoms with van der Waals surface area (Å²) in [7, 11) is 0. The van der Waals surface area contributed by atoms with E-state index in [0.717, 1.165) is 0 Å². The number of benzene rings is 1. The quantitative estimate of drug-likeness (QED) is 0.356. The number of nitrogens with one attached hydrogen (secondary N) is 1. The van der Waals surface area contributed by atoms with Gasteiger partial charge in [0.05, 0.1) is 19.8 Å². The summed E-state index contributed by atoms with van der Waals surface area (Å²) in [6, 6.07) is 4.74. The smallest absolute Gasteiger partial charge is 0.275 e. The Labute approximate surface area is 125 Å². The van der Waals surface area contributed by atoms with Crippen molar-refractivity contribution >= 4 is 27.3 Å². The number of hydrogen-bond acceptors (Lipinski definition) is 5. The monoisotopic (exact) mass is 312 g/mol. The van der Waals surface area contributed by atoms with Crippen molar-refractivity contribution in [2.45, 2.75) is 13.5 Å². The minimum absolute atomic E-state index is 0.136. The van der Waals surface area contributed by atoms with E-state index in [2.05, 4.69) is 5.43 Å². The molecule has 0 aliphatic carbocycles. The Morgan fingerprint density at radius 1 is 1.38 bits per heavy atom. The standard InChI is InChI=1S/C14H17FN2O3S/c1-2-19-6-7-20-8-9-12-10(15)4-3-5-11(12)21-13(9)14(18)17-16/h3-5H,2,6-8,16H2,1H3,(H,17,18). The molecule has 2 aromatic rings. The minimum Gasteiger partial charge on any atom is -0.379 e. The molecule has 1 aromatic carbocycles. The molecule has 7 heteroatoms. The number of rotatable bonds is 7. The number of nitrogens with two attached hydrogens (primary N) is 1. The second-order valence-corrected chi connectivity index (χ2v) is 5.30. The fourth-order valence-corrected chi connectivity index (χ4v) is 3.12. The highest BCUT2D eigenvalue weighted by Crippen LogP contribution is 2.33. The van der Waals surface area contributed by atoms with Crippen LogP contribution in [0.1, 0.15) is 22.2 Å². The van der Waals surface area contributed by atoms with Crippen molar-refractivity contribution in [3.8, 4) is 0 Å². The topological polar surface area (TPSA) is 73.6 Å². The maximum atomic E-state index is 14.0. The minimum atomic E-state index is -0.445. The van der Waals surface area contributed by atoms with Crippen LogP contribution >= 0.6 is 11.3 Å². The van der Waals surface area contributed by atoms with Crippen molar-refractivity contribution < 1.29 is 18.7 Å². The molecule has 0 aliphatic rings. The van der Waals surface area contributed by atoms with Gasteiger partial charge in [0, 0.05) is 22.3 Å². The number of amides is 1. The molecule has 0 fully saturated rings. The van der Waals surface area contributed by atoms with E-state index in [1.807, 2.05) is 6.92 Å². The lowest BCUT2D eigenvalue weighted by Crippen LogP contribution is -2.30. The normalized spacial score (nSPS) is 11.0. The van der Waals surface area contributed by atoms with Gasteiger partial charge in [0.25, 0.3) is 5.91 Å². The van der Waals surface area contributed by atoms with Crippen LogP contribution in [0.15, 0.2) is 18.2 Å². The second-order valence-electron chi connectivity index (χ2n) is 4.25. The fraction of sp³-hybridized carbons (Fsp3) is 0.357. The Morgan fingerprint density at radius 3 is 2.86 bits per heavy atom. The number of halogens is 1. The van der Waals surface area contributed by atoms with E-state index in [4.69, 9.17) is 15.3 Å². The van der Waals surface area contributed by atoms with E-state index >= 15 is 0 Å². The van der Waals surface area contributed by atoms with Gasteiger partial charge >= 0.3 is 0 Å². The van der Waals surface area contributed by atoms with Crippen molar-refractivity contribution in [1.82, 2.24) is 5.43 Å². The maximum Gasteiger partial charge on any atom is 0.275 e. The summed E-state index contributed by atoms with van der Waals surface area (Å²) in [5.41, 5.74) is 2.60. The predicted molar refractivity (Wildman–Crippen MR) is 79.6 cm³/mol. The molecule has 114 valence electrons. The molecule has 1 heterocycles. The highest BCUT2D eigenvalue weighted by molar-refractivity contribution is 7.21. The molecule has 2 rings (SSSR count). The lowest BCUT2D eigenvalue weighted by Gasteiger charge is -2.06. The number of hydrazine groups is 1. The van der Waals surface area contributed by atoms with Gasteiger partial charge in [0.15, 0.2) is 0 Å². The van der Waals surface area contributed by atoms with Gasteiger partial charge in [-0.2, -0.15) is 0 Å².